The summed E-state index contributed by atoms with van der Waals surface area (Å²) < 4.78 is 11.3. The van der Waals surface area contributed by atoms with Gasteiger partial charge in [-0.05, 0) is 23.6 Å². The van der Waals surface area contributed by atoms with E-state index in [1.807, 2.05) is 48.5 Å². The lowest BCUT2D eigenvalue weighted by Crippen LogP contribution is -2.34. The summed E-state index contributed by atoms with van der Waals surface area (Å²) in [4.78, 5) is 12.3. The smallest absolute Gasteiger partial charge is 0.237 e. The molecule has 0 radical (unpaired) electrons. The first-order valence-electron chi connectivity index (χ1n) is 7.48. The maximum absolute atomic E-state index is 12.3. The van der Waals surface area contributed by atoms with E-state index in [4.69, 9.17) is 9.47 Å². The number of carbonyl (C=O) groups excluding carboxylic acids is 1. The molecule has 112 valence electrons. The van der Waals surface area contributed by atoms with Gasteiger partial charge in [-0.25, -0.2) is 0 Å². The van der Waals surface area contributed by atoms with Crippen LogP contribution in [0, 0.1) is 0 Å². The van der Waals surface area contributed by atoms with Crippen molar-refractivity contribution in [2.24, 2.45) is 0 Å². The minimum absolute atomic E-state index is 0.0419. The van der Waals surface area contributed by atoms with E-state index >= 15 is 0 Å². The molecule has 1 unspecified atom stereocenters. The molecule has 22 heavy (non-hydrogen) atoms. The number of anilines is 1. The number of benzene rings is 2. The average Bonchev–Trinajstić information content (AvgIpc) is 3.14. The summed E-state index contributed by atoms with van der Waals surface area (Å²) in [5.41, 5.74) is 2.50. The molecular weight excluding hydrogens is 278 g/mol. The first-order valence-corrected chi connectivity index (χ1v) is 7.48. The number of hydrogen-bond donors (Lipinski definition) is 1. The number of carbonyl (C=O) groups is 1. The van der Waals surface area contributed by atoms with Crippen molar-refractivity contribution >= 4 is 11.6 Å². The first-order chi connectivity index (χ1) is 10.8. The fraction of sp³-hybridized carbons (Fsp3) is 0.278. The van der Waals surface area contributed by atoms with Crippen molar-refractivity contribution in [3.05, 3.63) is 59.7 Å². The number of fused-ring (bicyclic) bond motifs is 2. The van der Waals surface area contributed by atoms with Gasteiger partial charge in [0.15, 0.2) is 0 Å². The molecule has 1 saturated heterocycles. The SMILES string of the molecule is O=C1Nc2cc(OCc3ccccc3)ccc2C12CCOC2. The molecule has 4 nitrogen and oxygen atoms in total. The molecule has 1 atom stereocenters. The summed E-state index contributed by atoms with van der Waals surface area (Å²) >= 11 is 0. The summed E-state index contributed by atoms with van der Waals surface area (Å²) in [6.07, 6.45) is 0.746. The molecule has 2 heterocycles. The van der Waals surface area contributed by atoms with Crippen LogP contribution in [-0.4, -0.2) is 19.1 Å². The van der Waals surface area contributed by atoms with Crippen LogP contribution in [0.3, 0.4) is 0 Å². The maximum Gasteiger partial charge on any atom is 0.237 e. The van der Waals surface area contributed by atoms with Gasteiger partial charge in [-0.1, -0.05) is 36.4 Å². The molecule has 1 spiro atoms. The van der Waals surface area contributed by atoms with E-state index in [-0.39, 0.29) is 5.91 Å². The number of ether oxygens (including phenoxy) is 2. The zero-order valence-corrected chi connectivity index (χ0v) is 12.2. The summed E-state index contributed by atoms with van der Waals surface area (Å²) in [5, 5.41) is 2.97. The van der Waals surface area contributed by atoms with Gasteiger partial charge >= 0.3 is 0 Å². The molecule has 1 fully saturated rings. The molecular formula is C18H17NO3. The van der Waals surface area contributed by atoms with E-state index in [1.54, 1.807) is 0 Å². The number of hydrogen-bond acceptors (Lipinski definition) is 3. The van der Waals surface area contributed by atoms with Crippen LogP contribution in [0.2, 0.25) is 0 Å². The monoisotopic (exact) mass is 295 g/mol. The Hall–Kier alpha value is -2.33. The third kappa shape index (κ3) is 2.07. The highest BCUT2D eigenvalue weighted by molar-refractivity contribution is 6.06. The molecule has 4 rings (SSSR count). The second-order valence-electron chi connectivity index (χ2n) is 5.82. The van der Waals surface area contributed by atoms with Gasteiger partial charge in [0.25, 0.3) is 0 Å². The summed E-state index contributed by atoms with van der Waals surface area (Å²) in [7, 11) is 0. The highest BCUT2D eigenvalue weighted by Gasteiger charge is 2.49. The third-order valence-corrected chi connectivity index (χ3v) is 4.46. The van der Waals surface area contributed by atoms with Crippen LogP contribution in [0.1, 0.15) is 17.5 Å². The van der Waals surface area contributed by atoms with Crippen molar-refractivity contribution in [2.45, 2.75) is 18.4 Å². The standard InChI is InChI=1S/C18H17NO3/c20-17-18(8-9-21-12-18)15-7-6-14(10-16(15)19-17)22-11-13-4-2-1-3-5-13/h1-7,10H,8-9,11-12H2,(H,19,20). The molecule has 1 N–H and O–H groups in total. The zero-order valence-electron chi connectivity index (χ0n) is 12.2. The summed E-state index contributed by atoms with van der Waals surface area (Å²) in [5.74, 6) is 0.805. The van der Waals surface area contributed by atoms with Gasteiger partial charge in [0, 0.05) is 18.4 Å². The Morgan fingerprint density at radius 1 is 1.18 bits per heavy atom. The molecule has 2 aromatic rings. The van der Waals surface area contributed by atoms with E-state index in [9.17, 15) is 4.79 Å². The largest absolute Gasteiger partial charge is 0.489 e. The first kappa shape index (κ1) is 13.3. The molecule has 0 aliphatic carbocycles. The number of amides is 1. The lowest BCUT2D eigenvalue weighted by atomic mass is 9.81. The minimum atomic E-state index is -0.493. The van der Waals surface area contributed by atoms with E-state index < -0.39 is 5.41 Å². The van der Waals surface area contributed by atoms with E-state index in [0.29, 0.717) is 19.8 Å². The topological polar surface area (TPSA) is 47.6 Å². The van der Waals surface area contributed by atoms with Gasteiger partial charge in [0.05, 0.1) is 6.61 Å². The van der Waals surface area contributed by atoms with Gasteiger partial charge < -0.3 is 14.8 Å². The fourth-order valence-corrected chi connectivity index (χ4v) is 3.20. The predicted molar refractivity (Wildman–Crippen MR) is 83.0 cm³/mol. The molecule has 2 aromatic carbocycles. The highest BCUT2D eigenvalue weighted by Crippen LogP contribution is 2.44. The maximum atomic E-state index is 12.3. The van der Waals surface area contributed by atoms with Crippen LogP contribution in [0.5, 0.6) is 5.75 Å². The molecule has 2 aliphatic heterocycles. The summed E-state index contributed by atoms with van der Waals surface area (Å²) in [6, 6.07) is 15.8. The Morgan fingerprint density at radius 3 is 2.82 bits per heavy atom. The molecule has 0 aromatic heterocycles. The van der Waals surface area contributed by atoms with Crippen LogP contribution in [-0.2, 0) is 21.6 Å². The van der Waals surface area contributed by atoms with Gasteiger partial charge in [-0.15, -0.1) is 0 Å². The van der Waals surface area contributed by atoms with E-state index in [1.165, 1.54) is 0 Å². The predicted octanol–water partition coefficient (Wildman–Crippen LogP) is 2.88. The average molecular weight is 295 g/mol. The lowest BCUT2D eigenvalue weighted by molar-refractivity contribution is -0.120. The zero-order chi connectivity index (χ0) is 15.0. The Bertz CT molecular complexity index is 706. The second-order valence-corrected chi connectivity index (χ2v) is 5.82. The fourth-order valence-electron chi connectivity index (χ4n) is 3.20. The van der Waals surface area contributed by atoms with E-state index in [2.05, 4.69) is 5.32 Å². The van der Waals surface area contributed by atoms with Gasteiger partial charge in [-0.2, -0.15) is 0 Å². The van der Waals surface area contributed by atoms with E-state index in [0.717, 1.165) is 29.0 Å². The quantitative estimate of drug-likeness (QED) is 0.947. The molecule has 4 heteroatoms. The molecule has 1 amide bonds. The number of rotatable bonds is 3. The van der Waals surface area contributed by atoms with Gasteiger partial charge in [-0.3, -0.25) is 4.79 Å². The van der Waals surface area contributed by atoms with Gasteiger partial charge in [0.2, 0.25) is 5.91 Å². The highest BCUT2D eigenvalue weighted by atomic mass is 16.5. The molecule has 0 saturated carbocycles. The van der Waals surface area contributed by atoms with Crippen molar-refractivity contribution in [3.8, 4) is 5.75 Å². The lowest BCUT2D eigenvalue weighted by Gasteiger charge is -2.18. The van der Waals surface area contributed by atoms with Gasteiger partial charge in [0.1, 0.15) is 17.8 Å². The Labute approximate surface area is 129 Å². The van der Waals surface area contributed by atoms with Crippen molar-refractivity contribution < 1.29 is 14.3 Å². The Kier molecular flexibility index (Phi) is 3.12. The molecule has 0 bridgehead atoms. The Morgan fingerprint density at radius 2 is 2.05 bits per heavy atom. The summed E-state index contributed by atoms with van der Waals surface area (Å²) in [6.45, 7) is 1.62. The van der Waals surface area contributed by atoms with Crippen molar-refractivity contribution in [2.75, 3.05) is 18.5 Å². The third-order valence-electron chi connectivity index (χ3n) is 4.46. The van der Waals surface area contributed by atoms with Crippen LogP contribution in [0.4, 0.5) is 5.69 Å². The molecule has 2 aliphatic rings. The number of nitrogens with one attached hydrogen (secondary N) is 1. The van der Waals surface area contributed by atoms with Crippen molar-refractivity contribution in [3.63, 3.8) is 0 Å². The van der Waals surface area contributed by atoms with Crippen molar-refractivity contribution in [1.29, 1.82) is 0 Å². The van der Waals surface area contributed by atoms with Crippen LogP contribution in [0.15, 0.2) is 48.5 Å². The normalized spacial score (nSPS) is 22.6. The minimum Gasteiger partial charge on any atom is -0.489 e. The van der Waals surface area contributed by atoms with Crippen LogP contribution >= 0.6 is 0 Å². The Balaban J connectivity index is 1.56. The van der Waals surface area contributed by atoms with Crippen LogP contribution < -0.4 is 10.1 Å². The van der Waals surface area contributed by atoms with Crippen LogP contribution in [0.25, 0.3) is 0 Å². The second kappa shape index (κ2) is 5.14. The van der Waals surface area contributed by atoms with Crippen molar-refractivity contribution in [1.82, 2.24) is 0 Å².